The molecule has 19 heavy (non-hydrogen) atoms. The zero-order valence-corrected chi connectivity index (χ0v) is 12.2. The summed E-state index contributed by atoms with van der Waals surface area (Å²) in [4.78, 5) is 0. The molecule has 0 bridgehead atoms. The monoisotopic (exact) mass is 290 g/mol. The molecule has 0 saturated carbocycles. The Morgan fingerprint density at radius 3 is 2.37 bits per heavy atom. The van der Waals surface area contributed by atoms with Crippen LogP contribution in [-0.4, -0.2) is 5.11 Å². The third-order valence-electron chi connectivity index (χ3n) is 2.70. The maximum atomic E-state index is 5.92. The van der Waals surface area contributed by atoms with Crippen molar-refractivity contribution in [3.8, 4) is 0 Å². The summed E-state index contributed by atoms with van der Waals surface area (Å²) in [6.07, 6.45) is 1.03. The predicted octanol–water partition coefficient (Wildman–Crippen LogP) is 4.71. The van der Waals surface area contributed by atoms with Crippen molar-refractivity contribution in [3.63, 3.8) is 0 Å². The summed E-state index contributed by atoms with van der Waals surface area (Å²) in [5.74, 6) is 0. The van der Waals surface area contributed by atoms with Gasteiger partial charge in [0.15, 0.2) is 5.11 Å². The molecule has 2 N–H and O–H groups in total. The smallest absolute Gasteiger partial charge is 0.175 e. The minimum atomic E-state index is 0.548. The zero-order chi connectivity index (χ0) is 13.7. The molecule has 98 valence electrons. The van der Waals surface area contributed by atoms with Gasteiger partial charge in [0.1, 0.15) is 0 Å². The molecular weight excluding hydrogens is 276 g/mol. The molecule has 0 aliphatic carbocycles. The van der Waals surface area contributed by atoms with E-state index in [1.807, 2.05) is 36.4 Å². The number of benzene rings is 2. The minimum Gasteiger partial charge on any atom is -0.332 e. The number of hydrogen-bond donors (Lipinski definition) is 2. The molecule has 0 aromatic heterocycles. The first-order chi connectivity index (χ1) is 9.17. The van der Waals surface area contributed by atoms with Crippen LogP contribution in [0.3, 0.4) is 0 Å². The van der Waals surface area contributed by atoms with Gasteiger partial charge in [-0.25, -0.2) is 0 Å². The summed E-state index contributed by atoms with van der Waals surface area (Å²) < 4.78 is 0. The van der Waals surface area contributed by atoms with Crippen LogP contribution in [-0.2, 0) is 6.42 Å². The summed E-state index contributed by atoms with van der Waals surface area (Å²) in [5, 5.41) is 7.46. The summed E-state index contributed by atoms with van der Waals surface area (Å²) in [6.45, 7) is 2.13. The van der Waals surface area contributed by atoms with Crippen molar-refractivity contribution in [2.45, 2.75) is 13.3 Å². The predicted molar refractivity (Wildman–Crippen MR) is 87.1 cm³/mol. The molecule has 0 aliphatic heterocycles. The lowest BCUT2D eigenvalue weighted by molar-refractivity contribution is 1.14. The minimum absolute atomic E-state index is 0.548. The summed E-state index contributed by atoms with van der Waals surface area (Å²) in [6, 6.07) is 15.7. The van der Waals surface area contributed by atoms with Crippen molar-refractivity contribution in [1.82, 2.24) is 0 Å². The van der Waals surface area contributed by atoms with Gasteiger partial charge in [0, 0.05) is 16.4 Å². The van der Waals surface area contributed by atoms with E-state index in [9.17, 15) is 0 Å². The lowest BCUT2D eigenvalue weighted by atomic mass is 10.1. The van der Waals surface area contributed by atoms with Gasteiger partial charge >= 0.3 is 0 Å². The summed E-state index contributed by atoms with van der Waals surface area (Å²) in [7, 11) is 0. The van der Waals surface area contributed by atoms with Crippen molar-refractivity contribution >= 4 is 40.3 Å². The number of rotatable bonds is 3. The quantitative estimate of drug-likeness (QED) is 0.801. The number of nitrogens with one attached hydrogen (secondary N) is 2. The molecule has 0 radical (unpaired) electrons. The van der Waals surface area contributed by atoms with Crippen LogP contribution in [0.25, 0.3) is 0 Å². The Hall–Kier alpha value is -1.58. The molecule has 0 atom stereocenters. The first-order valence-corrected chi connectivity index (χ1v) is 6.88. The van der Waals surface area contributed by atoms with Gasteiger partial charge in [-0.15, -0.1) is 0 Å². The van der Waals surface area contributed by atoms with Gasteiger partial charge < -0.3 is 10.6 Å². The van der Waals surface area contributed by atoms with E-state index in [0.717, 1.165) is 17.8 Å². The standard InChI is InChI=1S/C15H15ClN2S/c1-2-11-6-8-13(9-7-11)17-15(19)18-14-5-3-4-12(16)10-14/h3-10H,2H2,1H3,(H2,17,18,19). The van der Waals surface area contributed by atoms with E-state index in [1.54, 1.807) is 0 Å². The fourth-order valence-electron chi connectivity index (χ4n) is 1.68. The van der Waals surface area contributed by atoms with E-state index in [4.69, 9.17) is 23.8 Å². The molecule has 0 heterocycles. The number of halogens is 1. The maximum Gasteiger partial charge on any atom is 0.175 e. The van der Waals surface area contributed by atoms with Crippen LogP contribution in [0.5, 0.6) is 0 Å². The van der Waals surface area contributed by atoms with Crippen LogP contribution in [0, 0.1) is 0 Å². The van der Waals surface area contributed by atoms with Gasteiger partial charge in [-0.1, -0.05) is 36.7 Å². The largest absolute Gasteiger partial charge is 0.332 e. The van der Waals surface area contributed by atoms with Crippen LogP contribution in [0.1, 0.15) is 12.5 Å². The molecule has 2 rings (SSSR count). The number of anilines is 2. The van der Waals surface area contributed by atoms with E-state index in [1.165, 1.54) is 5.56 Å². The second-order valence-corrected chi connectivity index (χ2v) is 4.98. The highest BCUT2D eigenvalue weighted by atomic mass is 35.5. The number of thiocarbonyl (C=S) groups is 1. The average Bonchev–Trinajstić information content (AvgIpc) is 2.39. The highest BCUT2D eigenvalue weighted by molar-refractivity contribution is 7.80. The molecule has 0 saturated heterocycles. The van der Waals surface area contributed by atoms with Crippen molar-refractivity contribution in [1.29, 1.82) is 0 Å². The SMILES string of the molecule is CCc1ccc(NC(=S)Nc2cccc(Cl)c2)cc1. The molecule has 0 amide bonds. The Balaban J connectivity index is 1.97. The molecule has 0 spiro atoms. The maximum absolute atomic E-state index is 5.92. The average molecular weight is 291 g/mol. The second kappa shape index (κ2) is 6.55. The van der Waals surface area contributed by atoms with E-state index in [2.05, 4.69) is 29.7 Å². The van der Waals surface area contributed by atoms with Gasteiger partial charge in [-0.05, 0) is 54.5 Å². The van der Waals surface area contributed by atoms with Crippen molar-refractivity contribution < 1.29 is 0 Å². The third kappa shape index (κ3) is 4.23. The molecular formula is C15H15ClN2S. The van der Waals surface area contributed by atoms with E-state index in [0.29, 0.717) is 10.1 Å². The van der Waals surface area contributed by atoms with Crippen LogP contribution >= 0.6 is 23.8 Å². The molecule has 2 aromatic carbocycles. The molecule has 2 aromatic rings. The Labute approximate surface area is 123 Å². The molecule has 0 unspecified atom stereocenters. The van der Waals surface area contributed by atoms with Crippen molar-refractivity contribution in [2.75, 3.05) is 10.6 Å². The first-order valence-electron chi connectivity index (χ1n) is 6.10. The Morgan fingerprint density at radius 1 is 1.05 bits per heavy atom. The van der Waals surface area contributed by atoms with Gasteiger partial charge in [-0.2, -0.15) is 0 Å². The van der Waals surface area contributed by atoms with Crippen LogP contribution < -0.4 is 10.6 Å². The molecule has 0 fully saturated rings. The van der Waals surface area contributed by atoms with Gasteiger partial charge in [0.25, 0.3) is 0 Å². The fraction of sp³-hybridized carbons (Fsp3) is 0.133. The van der Waals surface area contributed by atoms with Crippen LogP contribution in [0.15, 0.2) is 48.5 Å². The van der Waals surface area contributed by atoms with Gasteiger partial charge in [0.05, 0.1) is 0 Å². The normalized spacial score (nSPS) is 10.0. The van der Waals surface area contributed by atoms with Crippen molar-refractivity contribution in [3.05, 3.63) is 59.1 Å². The Kier molecular flexibility index (Phi) is 4.77. The Morgan fingerprint density at radius 2 is 1.74 bits per heavy atom. The lowest BCUT2D eigenvalue weighted by Gasteiger charge is -2.11. The summed E-state index contributed by atoms with van der Waals surface area (Å²) in [5.41, 5.74) is 3.14. The summed E-state index contributed by atoms with van der Waals surface area (Å²) >= 11 is 11.2. The Bertz CT molecular complexity index is 567. The van der Waals surface area contributed by atoms with E-state index < -0.39 is 0 Å². The first kappa shape index (κ1) is 13.8. The van der Waals surface area contributed by atoms with E-state index in [-0.39, 0.29) is 0 Å². The molecule has 4 heteroatoms. The topological polar surface area (TPSA) is 24.1 Å². The number of hydrogen-bond acceptors (Lipinski definition) is 1. The van der Waals surface area contributed by atoms with Crippen LogP contribution in [0.4, 0.5) is 11.4 Å². The molecule has 0 aliphatic rings. The van der Waals surface area contributed by atoms with E-state index >= 15 is 0 Å². The van der Waals surface area contributed by atoms with Gasteiger partial charge in [-0.3, -0.25) is 0 Å². The lowest BCUT2D eigenvalue weighted by Crippen LogP contribution is -2.18. The highest BCUT2D eigenvalue weighted by Gasteiger charge is 1.99. The van der Waals surface area contributed by atoms with Gasteiger partial charge in [0.2, 0.25) is 0 Å². The fourth-order valence-corrected chi connectivity index (χ4v) is 2.11. The number of aryl methyl sites for hydroxylation is 1. The zero-order valence-electron chi connectivity index (χ0n) is 10.6. The van der Waals surface area contributed by atoms with Crippen LogP contribution in [0.2, 0.25) is 5.02 Å². The van der Waals surface area contributed by atoms with Crippen molar-refractivity contribution in [2.24, 2.45) is 0 Å². The third-order valence-corrected chi connectivity index (χ3v) is 3.14. The second-order valence-electron chi connectivity index (χ2n) is 4.14. The molecule has 2 nitrogen and oxygen atoms in total. The highest BCUT2D eigenvalue weighted by Crippen LogP contribution is 2.16.